The lowest BCUT2D eigenvalue weighted by molar-refractivity contribution is -0.436. The number of hydrogen-bond acceptors (Lipinski definition) is 17. The van der Waals surface area contributed by atoms with Crippen LogP contribution in [-0.4, -0.2) is 87.3 Å². The van der Waals surface area contributed by atoms with Gasteiger partial charge in [0.1, 0.15) is 18.3 Å². The number of carboxylic acids is 1. The molecule has 1 aliphatic heterocycles. The van der Waals surface area contributed by atoms with Crippen LogP contribution < -0.4 is 0 Å². The number of fused-ring (bicyclic) bond motifs is 1. The Morgan fingerprint density at radius 3 is 2.24 bits per heavy atom. The lowest BCUT2D eigenvalue weighted by Crippen LogP contribution is -2.63. The Bertz CT molecular complexity index is 1090. The van der Waals surface area contributed by atoms with E-state index in [-0.39, 0.29) is 66.6 Å². The molecule has 13 atom stereocenters. The van der Waals surface area contributed by atoms with Crippen LogP contribution in [0.4, 0.5) is 0 Å². The summed E-state index contributed by atoms with van der Waals surface area (Å²) in [5, 5.41) is 57.2. The van der Waals surface area contributed by atoms with Gasteiger partial charge in [-0.15, -0.1) is 8.67 Å². The number of aliphatic hydroxyl groups is 2. The van der Waals surface area contributed by atoms with E-state index in [0.29, 0.717) is 12.8 Å². The van der Waals surface area contributed by atoms with Crippen LogP contribution in [0.3, 0.4) is 0 Å². The highest BCUT2D eigenvalue weighted by atomic mass is 32.2. The fraction of sp³-hybridized carbons (Fsp3) is 0.938. The molecule has 8 unspecified atom stereocenters. The molecule has 3 saturated carbocycles. The Kier molecular flexibility index (Phi) is 15.9. The van der Waals surface area contributed by atoms with E-state index in [4.69, 9.17) is 33.1 Å². The normalized spacial score (nSPS) is 40.2. The van der Waals surface area contributed by atoms with Crippen LogP contribution in [0, 0.1) is 40.4 Å². The molecule has 1 heterocycles. The summed E-state index contributed by atoms with van der Waals surface area (Å²) < 4.78 is 38.7. The molecule has 0 amide bonds. The molecule has 0 aromatic carbocycles. The molecule has 0 radical (unpaired) electrons. The summed E-state index contributed by atoms with van der Waals surface area (Å²) in [4.78, 5) is 26.1. The van der Waals surface area contributed by atoms with Crippen molar-refractivity contribution in [3.63, 3.8) is 0 Å². The van der Waals surface area contributed by atoms with Crippen molar-refractivity contribution in [1.29, 1.82) is 0 Å². The average molecular weight is 759 g/mol. The summed E-state index contributed by atoms with van der Waals surface area (Å²) >= 11 is 0.358. The predicted molar refractivity (Wildman–Crippen MR) is 176 cm³/mol. The van der Waals surface area contributed by atoms with Crippen molar-refractivity contribution in [3.05, 3.63) is 0 Å². The van der Waals surface area contributed by atoms with Gasteiger partial charge < -0.3 is 29.5 Å². The van der Waals surface area contributed by atoms with E-state index in [0.717, 1.165) is 38.5 Å². The van der Waals surface area contributed by atoms with Crippen LogP contribution in [0.2, 0.25) is 0 Å². The summed E-state index contributed by atoms with van der Waals surface area (Å²) in [5.74, 6) is -2.31. The summed E-state index contributed by atoms with van der Waals surface area (Å²) in [6, 6.07) is 0. The van der Waals surface area contributed by atoms with E-state index in [9.17, 15) is 24.9 Å². The second-order valence-corrected chi connectivity index (χ2v) is 15.9. The van der Waals surface area contributed by atoms with Crippen LogP contribution in [0.5, 0.6) is 0 Å². The first-order valence-corrected chi connectivity index (χ1v) is 18.8. The van der Waals surface area contributed by atoms with Crippen molar-refractivity contribution in [2.45, 2.75) is 142 Å². The molecular formula is C32H54O16S2. The Morgan fingerprint density at radius 1 is 1.02 bits per heavy atom. The number of rotatable bonds is 18. The number of hydrogen-bond donors (Lipinski definition) is 5. The number of unbranched alkanes of at least 4 members (excludes halogenated alkanes) is 1. The van der Waals surface area contributed by atoms with Gasteiger partial charge in [0, 0.05) is 6.42 Å². The molecule has 4 aliphatic rings. The number of carboxylic acid groups (broad SMARTS) is 1. The molecule has 4 rings (SSSR count). The maximum atomic E-state index is 13.1. The zero-order chi connectivity index (χ0) is 36.6. The van der Waals surface area contributed by atoms with Crippen LogP contribution in [0.25, 0.3) is 0 Å². The lowest BCUT2D eigenvalue weighted by Gasteiger charge is -2.62. The highest BCUT2D eigenvalue weighted by Gasteiger charge is 2.64. The maximum absolute atomic E-state index is 13.1. The number of aliphatic hydroxyl groups excluding tert-OH is 2. The highest BCUT2D eigenvalue weighted by Crippen LogP contribution is 2.67. The Morgan fingerprint density at radius 2 is 1.68 bits per heavy atom. The van der Waals surface area contributed by atoms with Crippen molar-refractivity contribution in [2.24, 2.45) is 40.4 Å². The van der Waals surface area contributed by atoms with Crippen molar-refractivity contribution in [2.75, 3.05) is 6.61 Å². The third-order valence-corrected chi connectivity index (χ3v) is 12.5. The van der Waals surface area contributed by atoms with Crippen LogP contribution in [0.15, 0.2) is 0 Å². The summed E-state index contributed by atoms with van der Waals surface area (Å²) in [5.41, 5.74) is -0.836. The molecule has 1 spiro atoms. The smallest absolute Gasteiger partial charge is 0.306 e. The molecule has 18 heteroatoms. The van der Waals surface area contributed by atoms with Crippen molar-refractivity contribution in [1.82, 2.24) is 0 Å². The van der Waals surface area contributed by atoms with Gasteiger partial charge in [-0.05, 0) is 79.4 Å². The Hall–Kier alpha value is -0.840. The van der Waals surface area contributed by atoms with E-state index in [2.05, 4.69) is 39.5 Å². The number of ether oxygens (including phenoxy) is 3. The minimum absolute atomic E-state index is 0.0245. The zero-order valence-electron chi connectivity index (χ0n) is 29.2. The monoisotopic (exact) mass is 758 g/mol. The Labute approximate surface area is 301 Å². The summed E-state index contributed by atoms with van der Waals surface area (Å²) in [7, 11) is 0. The third kappa shape index (κ3) is 9.26. The first-order chi connectivity index (χ1) is 23.9. The molecule has 0 aromatic rings. The van der Waals surface area contributed by atoms with Gasteiger partial charge in [-0.1, -0.05) is 57.5 Å². The zero-order valence-corrected chi connectivity index (χ0v) is 30.9. The van der Waals surface area contributed by atoms with Gasteiger partial charge in [-0.2, -0.15) is 0 Å². The van der Waals surface area contributed by atoms with E-state index in [1.807, 2.05) is 13.8 Å². The molecule has 16 nitrogen and oxygen atoms in total. The molecule has 5 N–H and O–H groups in total. The molecule has 0 aromatic heterocycles. The second kappa shape index (κ2) is 19.0. The second-order valence-electron chi connectivity index (χ2n) is 15.0. The molecule has 4 fully saturated rings. The number of esters is 1. The van der Waals surface area contributed by atoms with Gasteiger partial charge in [-0.25, -0.2) is 10.5 Å². The fourth-order valence-electron chi connectivity index (χ4n) is 9.60. The predicted octanol–water partition coefficient (Wildman–Crippen LogP) is 5.28. The molecular weight excluding hydrogens is 704 g/mol. The topological polar surface area (TPSA) is 218 Å². The van der Waals surface area contributed by atoms with E-state index >= 15 is 0 Å². The molecule has 50 heavy (non-hydrogen) atoms. The van der Waals surface area contributed by atoms with Gasteiger partial charge >= 0.3 is 11.9 Å². The Balaban J connectivity index is 1.70. The lowest BCUT2D eigenvalue weighted by atomic mass is 9.43. The number of aliphatic carboxylic acids is 1. The van der Waals surface area contributed by atoms with Gasteiger partial charge in [-0.3, -0.25) is 18.0 Å². The van der Waals surface area contributed by atoms with Crippen LogP contribution in [0.1, 0.15) is 98.8 Å². The molecule has 290 valence electrons. The quantitative estimate of drug-likeness (QED) is 0.0300. The van der Waals surface area contributed by atoms with Crippen molar-refractivity contribution >= 4 is 36.6 Å². The summed E-state index contributed by atoms with van der Waals surface area (Å²) in [6.45, 7) is 9.39. The minimum Gasteiger partial charge on any atom is -0.481 e. The average Bonchev–Trinajstić information content (AvgIpc) is 3.34. The highest BCUT2D eigenvalue weighted by molar-refractivity contribution is 7.90. The standard InChI is InChI=1S/C32H54O16S2/c1-6-7-8-23-31(5)15-19(14-20(29(36)37)21(31)10-12-32(23)11-9-18(4)28(32)35)40-30-27(42-24(34)13-17(2)3)26(44-50-48-46-39)25(22(16-33)41-30)43-49-47-45-38/h17-23,25-28,30,33,35,38-39H,6-16H2,1-5H3,(H,36,37)/t18?,19?,20?,21?,22-,23?,25+,26-,27?,28-,30-,31?,32?/m0/s1. The van der Waals surface area contributed by atoms with E-state index < -0.39 is 72.8 Å². The number of carbonyl (C=O) groups is 2. The SMILES string of the molecule is CCCCC1C2(C)CC(O[C@H]3O[C@@H](CO)[C@@H](OSOOO)[C@H](OSOOO)C3OC(=O)CC(C)C)CC(C(=O)O)C2CCC12CCC(C)[C@@H]2O. The van der Waals surface area contributed by atoms with Crippen molar-refractivity contribution < 1.29 is 76.7 Å². The van der Waals surface area contributed by atoms with Crippen LogP contribution in [-0.2, 0) is 50.9 Å². The minimum atomic E-state index is -1.38. The largest absolute Gasteiger partial charge is 0.481 e. The van der Waals surface area contributed by atoms with E-state index in [1.54, 1.807) is 0 Å². The van der Waals surface area contributed by atoms with Gasteiger partial charge in [0.25, 0.3) is 0 Å². The maximum Gasteiger partial charge on any atom is 0.306 e. The summed E-state index contributed by atoms with van der Waals surface area (Å²) in [6.07, 6.45) is -1.05. The van der Waals surface area contributed by atoms with Gasteiger partial charge in [0.15, 0.2) is 37.0 Å². The molecule has 0 bridgehead atoms. The van der Waals surface area contributed by atoms with Gasteiger partial charge in [0.05, 0.1) is 24.7 Å². The van der Waals surface area contributed by atoms with Crippen LogP contribution >= 0.6 is 24.6 Å². The van der Waals surface area contributed by atoms with E-state index in [1.165, 1.54) is 0 Å². The molecule has 1 saturated heterocycles. The third-order valence-electron chi connectivity index (χ3n) is 11.6. The number of carbonyl (C=O) groups excluding carboxylic acids is 1. The molecule has 3 aliphatic carbocycles. The first-order valence-electron chi connectivity index (χ1n) is 17.5. The van der Waals surface area contributed by atoms with Crippen molar-refractivity contribution in [3.8, 4) is 0 Å². The van der Waals surface area contributed by atoms with Gasteiger partial charge in [0.2, 0.25) is 0 Å². The first kappa shape index (κ1) is 41.9. The fourth-order valence-corrected chi connectivity index (χ4v) is 10.3.